The number of benzene rings is 1. The third-order valence-corrected chi connectivity index (χ3v) is 4.18. The molecule has 0 saturated heterocycles. The van der Waals surface area contributed by atoms with Gasteiger partial charge in [-0.15, -0.1) is 0 Å². The predicted octanol–water partition coefficient (Wildman–Crippen LogP) is 4.46. The summed E-state index contributed by atoms with van der Waals surface area (Å²) in [5, 5.41) is 1.18. The topological polar surface area (TPSA) is 28.7 Å². The van der Waals surface area contributed by atoms with E-state index in [1.165, 1.54) is 10.9 Å². The van der Waals surface area contributed by atoms with Crippen LogP contribution < -0.4 is 0 Å². The molecule has 0 aliphatic carbocycles. The number of aromatic amines is 1. The van der Waals surface area contributed by atoms with Crippen molar-refractivity contribution in [3.8, 4) is 0 Å². The van der Waals surface area contributed by atoms with Gasteiger partial charge in [0.1, 0.15) is 5.82 Å². The lowest BCUT2D eigenvalue weighted by atomic mass is 10.0. The minimum Gasteiger partial charge on any atom is -0.360 e. The Morgan fingerprint density at radius 3 is 2.85 bits per heavy atom. The van der Waals surface area contributed by atoms with Crippen LogP contribution in [0.25, 0.3) is 10.9 Å². The molecule has 0 atom stereocenters. The van der Waals surface area contributed by atoms with Gasteiger partial charge < -0.3 is 4.98 Å². The van der Waals surface area contributed by atoms with E-state index in [9.17, 15) is 4.39 Å². The highest BCUT2D eigenvalue weighted by Crippen LogP contribution is 2.23. The van der Waals surface area contributed by atoms with Gasteiger partial charge in [-0.2, -0.15) is 0 Å². The third kappa shape index (κ3) is 2.44. The first-order valence-corrected chi connectivity index (χ1v) is 7.64. The molecule has 1 aromatic carbocycles. The maximum absolute atomic E-state index is 14.0. The van der Waals surface area contributed by atoms with Crippen LogP contribution in [0.2, 0.25) is 0 Å². The van der Waals surface area contributed by atoms with Gasteiger partial charge in [-0.1, -0.05) is 13.0 Å². The van der Waals surface area contributed by atoms with Gasteiger partial charge in [0.2, 0.25) is 0 Å². The summed E-state index contributed by atoms with van der Waals surface area (Å²) in [5.74, 6) is -0.169. The Morgan fingerprint density at radius 1 is 1.25 bits per heavy atom. The molecule has 3 aromatic rings. The number of hydrogen-bond acceptors (Lipinski definition) is 1. The van der Waals surface area contributed by atoms with Crippen LogP contribution in [0.4, 0.5) is 4.39 Å². The molecule has 20 heavy (non-hydrogen) atoms. The molecule has 0 saturated carbocycles. The SMILES string of the molecule is CCc1cnc(Cc2ccc(I)cc2F)c2[nH]ccc12. The van der Waals surface area contributed by atoms with Gasteiger partial charge in [0.25, 0.3) is 0 Å². The second-order valence-electron chi connectivity index (χ2n) is 4.76. The Kier molecular flexibility index (Phi) is 3.74. The van der Waals surface area contributed by atoms with E-state index in [-0.39, 0.29) is 5.82 Å². The molecule has 0 radical (unpaired) electrons. The van der Waals surface area contributed by atoms with Crippen molar-refractivity contribution in [2.75, 3.05) is 0 Å². The highest BCUT2D eigenvalue weighted by Gasteiger charge is 2.11. The molecular formula is C16H14FIN2. The molecule has 2 nitrogen and oxygen atoms in total. The molecular weight excluding hydrogens is 366 g/mol. The van der Waals surface area contributed by atoms with Gasteiger partial charge >= 0.3 is 0 Å². The molecule has 0 bridgehead atoms. The zero-order valence-corrected chi connectivity index (χ0v) is 13.2. The number of rotatable bonds is 3. The highest BCUT2D eigenvalue weighted by atomic mass is 127. The van der Waals surface area contributed by atoms with E-state index >= 15 is 0 Å². The number of halogens is 2. The van der Waals surface area contributed by atoms with Crippen LogP contribution in [0.3, 0.4) is 0 Å². The summed E-state index contributed by atoms with van der Waals surface area (Å²) in [4.78, 5) is 7.74. The molecule has 2 aromatic heterocycles. The molecule has 0 unspecified atom stereocenters. The van der Waals surface area contributed by atoms with Crippen LogP contribution in [0.1, 0.15) is 23.7 Å². The monoisotopic (exact) mass is 380 g/mol. The number of hydrogen-bond donors (Lipinski definition) is 1. The van der Waals surface area contributed by atoms with Crippen molar-refractivity contribution in [3.63, 3.8) is 0 Å². The van der Waals surface area contributed by atoms with E-state index < -0.39 is 0 Å². The van der Waals surface area contributed by atoms with Gasteiger partial charge in [0, 0.05) is 27.8 Å². The summed E-state index contributed by atoms with van der Waals surface area (Å²) in [6.07, 6.45) is 5.26. The molecule has 102 valence electrons. The molecule has 0 aliphatic rings. The second kappa shape index (κ2) is 5.52. The van der Waals surface area contributed by atoms with Crippen LogP contribution in [0.5, 0.6) is 0 Å². The Labute approximate surface area is 130 Å². The highest BCUT2D eigenvalue weighted by molar-refractivity contribution is 14.1. The predicted molar refractivity (Wildman–Crippen MR) is 87.4 cm³/mol. The average Bonchev–Trinajstić information content (AvgIpc) is 2.92. The Bertz CT molecular complexity index is 764. The number of H-pyrrole nitrogens is 1. The van der Waals surface area contributed by atoms with E-state index in [2.05, 4.69) is 45.5 Å². The lowest BCUT2D eigenvalue weighted by Crippen LogP contribution is -1.98. The number of pyridine rings is 1. The maximum Gasteiger partial charge on any atom is 0.127 e. The molecule has 1 N–H and O–H groups in total. The lowest BCUT2D eigenvalue weighted by molar-refractivity contribution is 0.612. The first-order chi connectivity index (χ1) is 9.69. The fourth-order valence-electron chi connectivity index (χ4n) is 2.43. The molecule has 2 heterocycles. The van der Waals surface area contributed by atoms with Crippen LogP contribution in [0.15, 0.2) is 36.7 Å². The Hall–Kier alpha value is -1.43. The number of nitrogens with zero attached hydrogens (tertiary/aromatic N) is 1. The first-order valence-electron chi connectivity index (χ1n) is 6.56. The van der Waals surface area contributed by atoms with Crippen molar-refractivity contribution >= 4 is 33.5 Å². The summed E-state index contributed by atoms with van der Waals surface area (Å²) >= 11 is 2.11. The summed E-state index contributed by atoms with van der Waals surface area (Å²) < 4.78 is 14.9. The number of nitrogens with one attached hydrogen (secondary N) is 1. The molecule has 0 amide bonds. The van der Waals surface area contributed by atoms with Gasteiger partial charge in [0.15, 0.2) is 0 Å². The summed E-state index contributed by atoms with van der Waals surface area (Å²) in [6, 6.07) is 7.37. The second-order valence-corrected chi connectivity index (χ2v) is 6.01. The molecule has 0 spiro atoms. The van der Waals surface area contributed by atoms with Crippen LogP contribution in [-0.4, -0.2) is 9.97 Å². The standard InChI is InChI=1S/C16H14FIN2/c1-2-10-9-20-15(16-13(10)5-6-19-16)7-11-3-4-12(18)8-14(11)17/h3-6,8-9,19H,2,7H2,1H3. The minimum atomic E-state index is -0.169. The van der Waals surface area contributed by atoms with Crippen LogP contribution in [-0.2, 0) is 12.8 Å². The summed E-state index contributed by atoms with van der Waals surface area (Å²) in [5.41, 5.74) is 3.80. The zero-order chi connectivity index (χ0) is 14.1. The van der Waals surface area contributed by atoms with E-state index in [1.807, 2.05) is 24.5 Å². The van der Waals surface area contributed by atoms with Crippen LogP contribution >= 0.6 is 22.6 Å². The summed E-state index contributed by atoms with van der Waals surface area (Å²) in [6.45, 7) is 2.11. The van der Waals surface area contributed by atoms with Gasteiger partial charge in [-0.3, -0.25) is 4.98 Å². The van der Waals surface area contributed by atoms with Gasteiger partial charge in [-0.25, -0.2) is 4.39 Å². The Morgan fingerprint density at radius 2 is 2.10 bits per heavy atom. The van der Waals surface area contributed by atoms with E-state index in [0.717, 1.165) is 21.2 Å². The molecule has 0 aliphatic heterocycles. The molecule has 4 heteroatoms. The quantitative estimate of drug-likeness (QED) is 0.668. The fraction of sp³-hybridized carbons (Fsp3) is 0.188. The van der Waals surface area contributed by atoms with E-state index in [4.69, 9.17) is 0 Å². The van der Waals surface area contributed by atoms with Crippen molar-refractivity contribution < 1.29 is 4.39 Å². The number of fused-ring (bicyclic) bond motifs is 1. The number of aromatic nitrogens is 2. The van der Waals surface area contributed by atoms with Gasteiger partial charge in [-0.05, 0) is 58.3 Å². The number of aryl methyl sites for hydroxylation is 1. The third-order valence-electron chi connectivity index (χ3n) is 3.51. The van der Waals surface area contributed by atoms with E-state index in [1.54, 1.807) is 6.07 Å². The van der Waals surface area contributed by atoms with Crippen molar-refractivity contribution in [1.29, 1.82) is 0 Å². The average molecular weight is 380 g/mol. The van der Waals surface area contributed by atoms with Crippen LogP contribution in [0, 0.1) is 9.39 Å². The van der Waals surface area contributed by atoms with Crippen molar-refractivity contribution in [2.24, 2.45) is 0 Å². The minimum absolute atomic E-state index is 0.169. The zero-order valence-electron chi connectivity index (χ0n) is 11.1. The van der Waals surface area contributed by atoms with Gasteiger partial charge in [0.05, 0.1) is 11.2 Å². The van der Waals surface area contributed by atoms with Crippen molar-refractivity contribution in [1.82, 2.24) is 9.97 Å². The normalized spacial score (nSPS) is 11.2. The Balaban J connectivity index is 2.05. The van der Waals surface area contributed by atoms with Crippen molar-refractivity contribution in [3.05, 3.63) is 62.9 Å². The maximum atomic E-state index is 14.0. The first kappa shape index (κ1) is 13.5. The largest absolute Gasteiger partial charge is 0.360 e. The van der Waals surface area contributed by atoms with Crippen molar-refractivity contribution in [2.45, 2.75) is 19.8 Å². The summed E-state index contributed by atoms with van der Waals surface area (Å²) in [7, 11) is 0. The molecule has 3 rings (SSSR count). The van der Waals surface area contributed by atoms with E-state index in [0.29, 0.717) is 12.0 Å². The molecule has 0 fully saturated rings. The fourth-order valence-corrected chi connectivity index (χ4v) is 2.88. The smallest absolute Gasteiger partial charge is 0.127 e. The lowest BCUT2D eigenvalue weighted by Gasteiger charge is -2.07.